The Balaban J connectivity index is 1.75. The van der Waals surface area contributed by atoms with Gasteiger partial charge in [-0.2, -0.15) is 0 Å². The van der Waals surface area contributed by atoms with Crippen LogP contribution in [-0.2, 0) is 16.0 Å². The fourth-order valence-corrected chi connectivity index (χ4v) is 2.83. The maximum atomic E-state index is 12.2. The summed E-state index contributed by atoms with van der Waals surface area (Å²) in [5.74, 6) is 0.558. The lowest BCUT2D eigenvalue weighted by Gasteiger charge is -2.19. The molecule has 5 heteroatoms. The molecular formula is C20H31N3O2. The fraction of sp³-hybridized carbons (Fsp3) is 0.600. The lowest BCUT2D eigenvalue weighted by atomic mass is 10.00. The van der Waals surface area contributed by atoms with Crippen molar-refractivity contribution in [1.29, 1.82) is 0 Å². The monoisotopic (exact) mass is 345 g/mol. The van der Waals surface area contributed by atoms with Gasteiger partial charge in [-0.1, -0.05) is 38.1 Å². The first-order chi connectivity index (χ1) is 11.8. The van der Waals surface area contributed by atoms with Gasteiger partial charge in [-0.25, -0.2) is 0 Å². The number of nitrogens with zero attached hydrogens (tertiary/aromatic N) is 1. The topological polar surface area (TPSA) is 61.4 Å². The maximum Gasteiger partial charge on any atom is 0.234 e. The van der Waals surface area contributed by atoms with E-state index in [2.05, 4.69) is 48.7 Å². The first-order valence-corrected chi connectivity index (χ1v) is 9.19. The van der Waals surface area contributed by atoms with Crippen molar-refractivity contribution >= 4 is 11.8 Å². The summed E-state index contributed by atoms with van der Waals surface area (Å²) in [7, 11) is 1.79. The quantitative estimate of drug-likeness (QED) is 0.722. The van der Waals surface area contributed by atoms with Crippen LogP contribution >= 0.6 is 0 Å². The van der Waals surface area contributed by atoms with Crippen LogP contribution < -0.4 is 10.6 Å². The van der Waals surface area contributed by atoms with E-state index in [-0.39, 0.29) is 30.9 Å². The molecule has 1 aromatic rings. The summed E-state index contributed by atoms with van der Waals surface area (Å²) in [6.45, 7) is 6.86. The Labute approximate surface area is 151 Å². The minimum absolute atomic E-state index is 0.00779. The fourth-order valence-electron chi connectivity index (χ4n) is 2.83. The van der Waals surface area contributed by atoms with Gasteiger partial charge in [0.25, 0.3) is 0 Å². The third-order valence-corrected chi connectivity index (χ3v) is 4.27. The van der Waals surface area contributed by atoms with Crippen molar-refractivity contribution in [2.75, 3.05) is 20.1 Å². The summed E-state index contributed by atoms with van der Waals surface area (Å²) >= 11 is 0. The molecule has 0 unspecified atom stereocenters. The number of amides is 2. The van der Waals surface area contributed by atoms with Gasteiger partial charge in [0.05, 0.1) is 19.1 Å². The highest BCUT2D eigenvalue weighted by molar-refractivity contribution is 5.81. The van der Waals surface area contributed by atoms with Crippen molar-refractivity contribution in [1.82, 2.24) is 15.5 Å². The average molecular weight is 345 g/mol. The highest BCUT2D eigenvalue weighted by Gasteiger charge is 2.23. The van der Waals surface area contributed by atoms with E-state index >= 15 is 0 Å². The highest BCUT2D eigenvalue weighted by Crippen LogP contribution is 2.18. The molecule has 1 aliphatic carbocycles. The van der Waals surface area contributed by atoms with Gasteiger partial charge in [0.15, 0.2) is 0 Å². The molecule has 0 heterocycles. The number of benzene rings is 1. The smallest absolute Gasteiger partial charge is 0.234 e. The standard InChI is InChI=1S/C20H31N3O2/c1-14(2)11-16-5-7-17(8-6-16)15(3)21-19(24)12-23(4)13-20(25)22-18-9-10-18/h5-8,14-15,18H,9-13H2,1-4H3,(H,21,24)(H,22,25)/t15-/m0/s1. The molecule has 5 nitrogen and oxygen atoms in total. The van der Waals surface area contributed by atoms with Gasteiger partial charge in [-0.15, -0.1) is 0 Å². The largest absolute Gasteiger partial charge is 0.352 e. The molecular weight excluding hydrogens is 314 g/mol. The summed E-state index contributed by atoms with van der Waals surface area (Å²) in [6.07, 6.45) is 3.21. The van der Waals surface area contributed by atoms with Gasteiger partial charge in [-0.3, -0.25) is 14.5 Å². The number of carbonyl (C=O) groups is 2. The van der Waals surface area contributed by atoms with Crippen molar-refractivity contribution in [2.45, 2.75) is 52.1 Å². The van der Waals surface area contributed by atoms with Gasteiger partial charge in [0.2, 0.25) is 11.8 Å². The van der Waals surface area contributed by atoms with Crippen LogP contribution in [-0.4, -0.2) is 42.9 Å². The molecule has 1 saturated carbocycles. The molecule has 138 valence electrons. The summed E-state index contributed by atoms with van der Waals surface area (Å²) in [4.78, 5) is 25.7. The Morgan fingerprint density at radius 1 is 1.08 bits per heavy atom. The Kier molecular flexibility index (Phi) is 7.00. The van der Waals surface area contributed by atoms with Gasteiger partial charge in [0.1, 0.15) is 0 Å². The van der Waals surface area contributed by atoms with E-state index in [0.29, 0.717) is 12.0 Å². The number of hydrogen-bond donors (Lipinski definition) is 2. The molecule has 1 atom stereocenters. The van der Waals surface area contributed by atoms with E-state index < -0.39 is 0 Å². The van der Waals surface area contributed by atoms with Gasteiger partial charge < -0.3 is 10.6 Å². The molecule has 2 rings (SSSR count). The summed E-state index contributed by atoms with van der Waals surface area (Å²) < 4.78 is 0. The number of rotatable bonds is 9. The molecule has 0 radical (unpaired) electrons. The summed E-state index contributed by atoms with van der Waals surface area (Å²) in [5.41, 5.74) is 2.41. The van der Waals surface area contributed by atoms with E-state index in [1.807, 2.05) is 6.92 Å². The van der Waals surface area contributed by atoms with Gasteiger partial charge >= 0.3 is 0 Å². The zero-order valence-electron chi connectivity index (χ0n) is 15.8. The third kappa shape index (κ3) is 7.26. The molecule has 0 spiro atoms. The molecule has 1 aliphatic rings. The van der Waals surface area contributed by atoms with Crippen molar-refractivity contribution < 1.29 is 9.59 Å². The number of nitrogens with one attached hydrogen (secondary N) is 2. The number of hydrogen-bond acceptors (Lipinski definition) is 3. The lowest BCUT2D eigenvalue weighted by molar-refractivity contribution is -0.125. The normalized spacial score (nSPS) is 15.3. The zero-order valence-corrected chi connectivity index (χ0v) is 15.8. The van der Waals surface area contributed by atoms with Crippen molar-refractivity contribution in [3.05, 3.63) is 35.4 Å². The van der Waals surface area contributed by atoms with E-state index in [9.17, 15) is 9.59 Å². The average Bonchev–Trinajstić information content (AvgIpc) is 3.30. The second kappa shape index (κ2) is 8.99. The molecule has 0 bridgehead atoms. The molecule has 2 amide bonds. The van der Waals surface area contributed by atoms with Crippen LogP contribution in [0.1, 0.15) is 50.8 Å². The molecule has 1 aromatic carbocycles. The van der Waals surface area contributed by atoms with Crippen LogP contribution in [0, 0.1) is 5.92 Å². The van der Waals surface area contributed by atoms with E-state index in [1.54, 1.807) is 11.9 Å². The van der Waals surface area contributed by atoms with Crippen molar-refractivity contribution in [3.63, 3.8) is 0 Å². The minimum atomic E-state index is -0.0690. The predicted octanol–water partition coefficient (Wildman–Crippen LogP) is 2.27. The van der Waals surface area contributed by atoms with Crippen LogP contribution in [0.2, 0.25) is 0 Å². The van der Waals surface area contributed by atoms with Crippen LogP contribution in [0.25, 0.3) is 0 Å². The third-order valence-electron chi connectivity index (χ3n) is 4.27. The maximum absolute atomic E-state index is 12.2. The van der Waals surface area contributed by atoms with Crippen molar-refractivity contribution in [2.24, 2.45) is 5.92 Å². The van der Waals surface area contributed by atoms with E-state index in [0.717, 1.165) is 24.8 Å². The van der Waals surface area contributed by atoms with Crippen molar-refractivity contribution in [3.8, 4) is 0 Å². The number of carbonyl (C=O) groups excluding carboxylic acids is 2. The first-order valence-electron chi connectivity index (χ1n) is 9.19. The second-order valence-electron chi connectivity index (χ2n) is 7.64. The number of likely N-dealkylation sites (N-methyl/N-ethyl adjacent to an activating group) is 1. The molecule has 0 saturated heterocycles. The second-order valence-corrected chi connectivity index (χ2v) is 7.64. The first kappa shape index (κ1) is 19.4. The van der Waals surface area contributed by atoms with E-state index in [4.69, 9.17) is 0 Å². The minimum Gasteiger partial charge on any atom is -0.352 e. The van der Waals surface area contributed by atoms with Crippen LogP contribution in [0.5, 0.6) is 0 Å². The highest BCUT2D eigenvalue weighted by atomic mass is 16.2. The Hall–Kier alpha value is -1.88. The lowest BCUT2D eigenvalue weighted by Crippen LogP contribution is -2.41. The van der Waals surface area contributed by atoms with E-state index in [1.165, 1.54) is 5.56 Å². The molecule has 2 N–H and O–H groups in total. The molecule has 1 fully saturated rings. The summed E-state index contributed by atoms with van der Waals surface area (Å²) in [6, 6.07) is 8.73. The van der Waals surface area contributed by atoms with Gasteiger partial charge in [-0.05, 0) is 50.3 Å². The van der Waals surface area contributed by atoms with Crippen LogP contribution in [0.15, 0.2) is 24.3 Å². The van der Waals surface area contributed by atoms with Crippen LogP contribution in [0.4, 0.5) is 0 Å². The van der Waals surface area contributed by atoms with Crippen LogP contribution in [0.3, 0.4) is 0 Å². The molecule has 0 aromatic heterocycles. The zero-order chi connectivity index (χ0) is 18.4. The summed E-state index contributed by atoms with van der Waals surface area (Å²) in [5, 5.41) is 5.93. The Bertz CT molecular complexity index is 579. The SMILES string of the molecule is CC(C)Cc1ccc([C@H](C)NC(=O)CN(C)CC(=O)NC2CC2)cc1. The predicted molar refractivity (Wildman–Crippen MR) is 100 cm³/mol. The molecule has 25 heavy (non-hydrogen) atoms. The Morgan fingerprint density at radius 2 is 1.68 bits per heavy atom. The Morgan fingerprint density at radius 3 is 2.24 bits per heavy atom. The molecule has 0 aliphatic heterocycles. The van der Waals surface area contributed by atoms with Gasteiger partial charge in [0, 0.05) is 6.04 Å².